The van der Waals surface area contributed by atoms with Crippen LogP contribution >= 0.6 is 15.9 Å². The lowest BCUT2D eigenvalue weighted by atomic mass is 10.1. The molecule has 1 aromatic rings. The molecule has 1 aliphatic rings. The van der Waals surface area contributed by atoms with Crippen LogP contribution in [0.3, 0.4) is 0 Å². The number of pyridine rings is 1. The first-order valence-corrected chi connectivity index (χ1v) is 8.35. The van der Waals surface area contributed by atoms with Crippen LogP contribution in [0.2, 0.25) is 0 Å². The molecule has 0 unspecified atom stereocenters. The Kier molecular flexibility index (Phi) is 5.00. The summed E-state index contributed by atoms with van der Waals surface area (Å²) in [4.78, 5) is 20.9. The standard InChI is InChI=1S/C16H24BrN3O2/c1-11-9-19(14-8-6-7-13(17)18-14)10-12(2)20(11)15(21)22-16(3,4)5/h6-8,11-12H,9-10H2,1-5H3/t11-,12-/m1/s1. The van der Waals surface area contributed by atoms with Gasteiger partial charge < -0.3 is 9.64 Å². The smallest absolute Gasteiger partial charge is 0.410 e. The maximum Gasteiger partial charge on any atom is 0.410 e. The van der Waals surface area contributed by atoms with Gasteiger partial charge in [0.2, 0.25) is 0 Å². The Hall–Kier alpha value is -1.30. The van der Waals surface area contributed by atoms with E-state index in [1.165, 1.54) is 0 Å². The van der Waals surface area contributed by atoms with Crippen LogP contribution < -0.4 is 4.90 Å². The molecule has 0 aliphatic carbocycles. The summed E-state index contributed by atoms with van der Waals surface area (Å²) in [6.07, 6.45) is -0.241. The highest BCUT2D eigenvalue weighted by atomic mass is 79.9. The Morgan fingerprint density at radius 3 is 2.36 bits per heavy atom. The zero-order valence-electron chi connectivity index (χ0n) is 13.8. The van der Waals surface area contributed by atoms with E-state index in [1.807, 2.05) is 57.7 Å². The average molecular weight is 370 g/mol. The van der Waals surface area contributed by atoms with Crippen molar-refractivity contribution in [3.05, 3.63) is 22.8 Å². The number of rotatable bonds is 1. The van der Waals surface area contributed by atoms with Crippen molar-refractivity contribution in [1.29, 1.82) is 0 Å². The van der Waals surface area contributed by atoms with Crippen molar-refractivity contribution in [3.8, 4) is 0 Å². The van der Waals surface area contributed by atoms with Gasteiger partial charge in [0.1, 0.15) is 16.0 Å². The molecule has 6 heteroatoms. The second-order valence-corrected chi connectivity index (χ2v) is 7.62. The van der Waals surface area contributed by atoms with E-state index in [4.69, 9.17) is 4.74 Å². The quantitative estimate of drug-likeness (QED) is 0.708. The van der Waals surface area contributed by atoms with E-state index in [0.29, 0.717) is 0 Å². The van der Waals surface area contributed by atoms with Crippen LogP contribution in [0.1, 0.15) is 34.6 Å². The summed E-state index contributed by atoms with van der Waals surface area (Å²) in [5, 5.41) is 0. The zero-order valence-corrected chi connectivity index (χ0v) is 15.4. The molecule has 5 nitrogen and oxygen atoms in total. The largest absolute Gasteiger partial charge is 0.444 e. The molecular formula is C16H24BrN3O2. The van der Waals surface area contributed by atoms with E-state index in [2.05, 4.69) is 25.8 Å². The lowest BCUT2D eigenvalue weighted by Crippen LogP contribution is -2.59. The highest BCUT2D eigenvalue weighted by molar-refractivity contribution is 9.10. The lowest BCUT2D eigenvalue weighted by molar-refractivity contribution is 0.00560. The molecule has 1 aliphatic heterocycles. The molecule has 0 aromatic carbocycles. The van der Waals surface area contributed by atoms with Gasteiger partial charge in [0.05, 0.1) is 12.1 Å². The third-order valence-corrected chi connectivity index (χ3v) is 3.99. The molecule has 1 amide bonds. The van der Waals surface area contributed by atoms with E-state index in [9.17, 15) is 4.79 Å². The molecule has 0 N–H and O–H groups in total. The second-order valence-electron chi connectivity index (χ2n) is 6.81. The van der Waals surface area contributed by atoms with Crippen molar-refractivity contribution in [2.45, 2.75) is 52.3 Å². The highest BCUT2D eigenvalue weighted by Gasteiger charge is 2.35. The summed E-state index contributed by atoms with van der Waals surface area (Å²) < 4.78 is 6.34. The Morgan fingerprint density at radius 1 is 1.27 bits per heavy atom. The Balaban J connectivity index is 2.10. The van der Waals surface area contributed by atoms with Gasteiger partial charge in [-0.25, -0.2) is 9.78 Å². The van der Waals surface area contributed by atoms with E-state index in [-0.39, 0.29) is 18.2 Å². The minimum Gasteiger partial charge on any atom is -0.444 e. The number of anilines is 1. The number of carbonyl (C=O) groups excluding carboxylic acids is 1. The van der Waals surface area contributed by atoms with E-state index >= 15 is 0 Å². The predicted molar refractivity (Wildman–Crippen MR) is 91.1 cm³/mol. The molecule has 1 fully saturated rings. The van der Waals surface area contributed by atoms with Gasteiger partial charge in [-0.1, -0.05) is 6.07 Å². The Labute approximate surface area is 140 Å². The summed E-state index contributed by atoms with van der Waals surface area (Å²) in [5.41, 5.74) is -0.473. The lowest BCUT2D eigenvalue weighted by Gasteiger charge is -2.44. The van der Waals surface area contributed by atoms with Crippen molar-refractivity contribution in [2.75, 3.05) is 18.0 Å². The fourth-order valence-corrected chi connectivity index (χ4v) is 3.09. The van der Waals surface area contributed by atoms with Crippen molar-refractivity contribution in [3.63, 3.8) is 0 Å². The van der Waals surface area contributed by atoms with E-state index in [0.717, 1.165) is 23.5 Å². The number of carbonyl (C=O) groups is 1. The summed E-state index contributed by atoms with van der Waals surface area (Å²) in [5.74, 6) is 0.928. The summed E-state index contributed by atoms with van der Waals surface area (Å²) in [7, 11) is 0. The highest BCUT2D eigenvalue weighted by Crippen LogP contribution is 2.24. The van der Waals surface area contributed by atoms with E-state index in [1.54, 1.807) is 0 Å². The van der Waals surface area contributed by atoms with Crippen molar-refractivity contribution < 1.29 is 9.53 Å². The molecule has 0 bridgehead atoms. The molecule has 0 spiro atoms. The molecule has 1 aromatic heterocycles. The Morgan fingerprint density at radius 2 is 1.86 bits per heavy atom. The SMILES string of the molecule is C[C@@H]1CN(c2cccc(Br)n2)C[C@@H](C)N1C(=O)OC(C)(C)C. The molecular weight excluding hydrogens is 346 g/mol. The Bertz CT molecular complexity index is 532. The second kappa shape index (κ2) is 6.44. The van der Waals surface area contributed by atoms with Gasteiger partial charge in [-0.15, -0.1) is 0 Å². The fourth-order valence-electron chi connectivity index (χ4n) is 2.76. The number of ether oxygens (including phenoxy) is 1. The number of hydrogen-bond donors (Lipinski definition) is 0. The number of piperazine rings is 1. The summed E-state index contributed by atoms with van der Waals surface area (Å²) >= 11 is 3.40. The maximum atomic E-state index is 12.4. The van der Waals surface area contributed by atoms with Gasteiger partial charge >= 0.3 is 6.09 Å². The summed E-state index contributed by atoms with van der Waals surface area (Å²) in [6, 6.07) is 6.02. The molecule has 1 saturated heterocycles. The minimum absolute atomic E-state index is 0.0689. The first kappa shape index (κ1) is 17.1. The average Bonchev–Trinajstić information content (AvgIpc) is 2.35. The molecule has 0 radical (unpaired) electrons. The van der Waals surface area contributed by atoms with Gasteiger partial charge in [0.15, 0.2) is 0 Å². The van der Waals surface area contributed by atoms with Crippen molar-refractivity contribution in [2.24, 2.45) is 0 Å². The van der Waals surface area contributed by atoms with Crippen LogP contribution in [-0.4, -0.2) is 46.8 Å². The van der Waals surface area contributed by atoms with Crippen molar-refractivity contribution >= 4 is 27.8 Å². The number of amides is 1. The van der Waals surface area contributed by atoms with Crippen LogP contribution in [-0.2, 0) is 4.74 Å². The fraction of sp³-hybridized carbons (Fsp3) is 0.625. The number of aromatic nitrogens is 1. The van der Waals surface area contributed by atoms with Gasteiger partial charge in [0, 0.05) is 13.1 Å². The van der Waals surface area contributed by atoms with Gasteiger partial charge in [-0.3, -0.25) is 4.90 Å². The van der Waals surface area contributed by atoms with Gasteiger partial charge in [0.25, 0.3) is 0 Å². The first-order valence-electron chi connectivity index (χ1n) is 7.56. The van der Waals surface area contributed by atoms with Gasteiger partial charge in [-0.2, -0.15) is 0 Å². The van der Waals surface area contributed by atoms with Crippen LogP contribution in [0.4, 0.5) is 10.6 Å². The predicted octanol–water partition coefficient (Wildman–Crippen LogP) is 3.68. The van der Waals surface area contributed by atoms with Crippen LogP contribution in [0, 0.1) is 0 Å². The van der Waals surface area contributed by atoms with Crippen LogP contribution in [0.15, 0.2) is 22.8 Å². The first-order chi connectivity index (χ1) is 10.2. The maximum absolute atomic E-state index is 12.4. The summed E-state index contributed by atoms with van der Waals surface area (Å²) in [6.45, 7) is 11.3. The number of halogens is 1. The molecule has 2 rings (SSSR count). The van der Waals surface area contributed by atoms with Crippen LogP contribution in [0.5, 0.6) is 0 Å². The zero-order chi connectivity index (χ0) is 16.5. The minimum atomic E-state index is -0.473. The molecule has 2 atom stereocenters. The van der Waals surface area contributed by atoms with Gasteiger partial charge in [-0.05, 0) is 62.7 Å². The number of nitrogens with zero attached hydrogens (tertiary/aromatic N) is 3. The van der Waals surface area contributed by atoms with E-state index < -0.39 is 5.60 Å². The topological polar surface area (TPSA) is 45.7 Å². The third kappa shape index (κ3) is 4.12. The monoisotopic (exact) mass is 369 g/mol. The molecule has 122 valence electrons. The molecule has 0 saturated carbocycles. The number of hydrogen-bond acceptors (Lipinski definition) is 4. The van der Waals surface area contributed by atoms with Crippen molar-refractivity contribution in [1.82, 2.24) is 9.88 Å². The third-order valence-electron chi connectivity index (χ3n) is 3.55. The normalized spacial score (nSPS) is 22.6. The van der Waals surface area contributed by atoms with Crippen LogP contribution in [0.25, 0.3) is 0 Å². The molecule has 2 heterocycles. The molecule has 22 heavy (non-hydrogen) atoms.